The molecule has 1 aromatic carbocycles. The standard InChI is InChI=1S/C25H33BrN2O2/c1-16(2)6-9-19(14-18-7-10-21(26)11-8-18)17(3)27-28-23(29)30-22-15-20-12-13-25(22,28)24(20,4)5/h6-8,10-11,19-20,22H,9,12-15H2,1-5H3/b27-17+/t19-,20-,22-,25+/m1/s1. The number of hydrazone groups is 1. The van der Waals surface area contributed by atoms with E-state index >= 15 is 0 Å². The molecule has 2 aliphatic carbocycles. The molecule has 1 spiro atoms. The molecule has 4 rings (SSSR count). The summed E-state index contributed by atoms with van der Waals surface area (Å²) in [7, 11) is 0. The summed E-state index contributed by atoms with van der Waals surface area (Å²) < 4.78 is 6.92. The van der Waals surface area contributed by atoms with E-state index in [-0.39, 0.29) is 29.1 Å². The summed E-state index contributed by atoms with van der Waals surface area (Å²) in [4.78, 5) is 12.9. The van der Waals surface area contributed by atoms with Gasteiger partial charge in [-0.1, -0.05) is 53.6 Å². The number of hydrogen-bond acceptors (Lipinski definition) is 3. The molecule has 3 fully saturated rings. The average Bonchev–Trinajstić information content (AvgIpc) is 3.20. The summed E-state index contributed by atoms with van der Waals surface area (Å²) in [5.74, 6) is 0.851. The van der Waals surface area contributed by atoms with Gasteiger partial charge in [0.2, 0.25) is 0 Å². The first-order valence-electron chi connectivity index (χ1n) is 11.1. The van der Waals surface area contributed by atoms with Gasteiger partial charge in [-0.15, -0.1) is 0 Å². The zero-order valence-corrected chi connectivity index (χ0v) is 20.3. The molecule has 0 aromatic heterocycles. The third-order valence-electron chi connectivity index (χ3n) is 7.89. The molecule has 1 saturated heterocycles. The van der Waals surface area contributed by atoms with E-state index in [9.17, 15) is 4.79 Å². The highest BCUT2D eigenvalue weighted by atomic mass is 79.9. The molecule has 1 heterocycles. The Morgan fingerprint density at radius 1 is 1.30 bits per heavy atom. The Hall–Kier alpha value is -1.62. The van der Waals surface area contributed by atoms with E-state index in [1.54, 1.807) is 5.01 Å². The van der Waals surface area contributed by atoms with Crippen molar-refractivity contribution < 1.29 is 9.53 Å². The summed E-state index contributed by atoms with van der Waals surface area (Å²) in [5.41, 5.74) is 3.35. The topological polar surface area (TPSA) is 41.9 Å². The zero-order chi connectivity index (χ0) is 21.7. The van der Waals surface area contributed by atoms with Gasteiger partial charge >= 0.3 is 6.09 Å². The number of carbonyl (C=O) groups excluding carboxylic acids is 1. The minimum absolute atomic E-state index is 0.0157. The Kier molecular flexibility index (Phi) is 5.63. The molecular weight excluding hydrogens is 440 g/mol. The number of hydrogen-bond donors (Lipinski definition) is 0. The van der Waals surface area contributed by atoms with Gasteiger partial charge in [0.25, 0.3) is 0 Å². The lowest BCUT2D eigenvalue weighted by Gasteiger charge is -2.40. The minimum Gasteiger partial charge on any atom is -0.442 e. The number of allylic oxidation sites excluding steroid dienone is 2. The van der Waals surface area contributed by atoms with Crippen LogP contribution in [0.1, 0.15) is 65.9 Å². The van der Waals surface area contributed by atoms with Crippen LogP contribution in [0.4, 0.5) is 4.79 Å². The van der Waals surface area contributed by atoms with Gasteiger partial charge in [0, 0.05) is 16.1 Å². The Bertz CT molecular complexity index is 885. The van der Waals surface area contributed by atoms with Gasteiger partial charge < -0.3 is 4.74 Å². The third-order valence-corrected chi connectivity index (χ3v) is 8.42. The third kappa shape index (κ3) is 3.43. The molecule has 5 heteroatoms. The van der Waals surface area contributed by atoms with E-state index in [2.05, 4.69) is 80.9 Å². The van der Waals surface area contributed by atoms with Crippen LogP contribution in [0.5, 0.6) is 0 Å². The highest BCUT2D eigenvalue weighted by Gasteiger charge is 2.73. The SMILES string of the molecule is CC(C)=CC[C@H](Cc1ccc(Br)cc1)/C(C)=N/N1C(=O)O[C@@H]2C[C@H]3CC[C@@]21C3(C)C. The molecule has 0 N–H and O–H groups in total. The number of carbonyl (C=O) groups is 1. The normalized spacial score (nSPS) is 30.3. The predicted octanol–water partition coefficient (Wildman–Crippen LogP) is 6.74. The van der Waals surface area contributed by atoms with E-state index in [0.717, 1.165) is 42.3 Å². The molecule has 2 bridgehead atoms. The zero-order valence-electron chi connectivity index (χ0n) is 18.7. The van der Waals surface area contributed by atoms with Crippen molar-refractivity contribution in [1.29, 1.82) is 0 Å². The van der Waals surface area contributed by atoms with Crippen LogP contribution < -0.4 is 0 Å². The van der Waals surface area contributed by atoms with Crippen molar-refractivity contribution >= 4 is 27.7 Å². The number of benzene rings is 1. The fourth-order valence-corrected chi connectivity index (χ4v) is 6.19. The number of nitrogens with zero attached hydrogens (tertiary/aromatic N) is 2. The number of amides is 1. The lowest BCUT2D eigenvalue weighted by atomic mass is 9.75. The second-order valence-electron chi connectivity index (χ2n) is 10.1. The van der Waals surface area contributed by atoms with Crippen molar-refractivity contribution in [3.05, 3.63) is 46.0 Å². The first-order valence-corrected chi connectivity index (χ1v) is 11.9. The second kappa shape index (κ2) is 7.81. The molecule has 1 amide bonds. The van der Waals surface area contributed by atoms with Gasteiger partial charge in [-0.3, -0.25) is 0 Å². The van der Waals surface area contributed by atoms with E-state index < -0.39 is 0 Å². The summed E-state index contributed by atoms with van der Waals surface area (Å²) >= 11 is 3.52. The Morgan fingerprint density at radius 3 is 2.63 bits per heavy atom. The maximum absolute atomic E-state index is 12.9. The largest absolute Gasteiger partial charge is 0.442 e. The molecule has 4 nitrogen and oxygen atoms in total. The van der Waals surface area contributed by atoms with Gasteiger partial charge in [0.1, 0.15) is 11.6 Å². The van der Waals surface area contributed by atoms with Gasteiger partial charge in [0.05, 0.1) is 0 Å². The van der Waals surface area contributed by atoms with E-state index in [1.807, 2.05) is 0 Å². The Balaban J connectivity index is 1.64. The van der Waals surface area contributed by atoms with Crippen molar-refractivity contribution in [1.82, 2.24) is 5.01 Å². The maximum atomic E-state index is 12.9. The second-order valence-corrected chi connectivity index (χ2v) is 11.0. The molecule has 4 atom stereocenters. The van der Waals surface area contributed by atoms with Crippen LogP contribution in [0.2, 0.25) is 0 Å². The van der Waals surface area contributed by atoms with E-state index in [0.29, 0.717) is 5.92 Å². The lowest BCUT2D eigenvalue weighted by Crippen LogP contribution is -2.53. The van der Waals surface area contributed by atoms with Crippen molar-refractivity contribution in [3.8, 4) is 0 Å². The summed E-state index contributed by atoms with van der Waals surface area (Å²) in [6, 6.07) is 8.49. The van der Waals surface area contributed by atoms with E-state index in [1.165, 1.54) is 11.1 Å². The molecule has 0 radical (unpaired) electrons. The number of halogens is 1. The van der Waals surface area contributed by atoms with Crippen molar-refractivity contribution in [3.63, 3.8) is 0 Å². The van der Waals surface area contributed by atoms with Crippen LogP contribution in [0, 0.1) is 17.3 Å². The van der Waals surface area contributed by atoms with Gasteiger partial charge in [-0.05, 0) is 81.9 Å². The van der Waals surface area contributed by atoms with Crippen LogP contribution >= 0.6 is 15.9 Å². The number of ether oxygens (including phenoxy) is 1. The van der Waals surface area contributed by atoms with Crippen molar-refractivity contribution in [2.75, 3.05) is 0 Å². The average molecular weight is 473 g/mol. The first-order chi connectivity index (χ1) is 14.1. The lowest BCUT2D eigenvalue weighted by molar-refractivity contribution is 0.0567. The van der Waals surface area contributed by atoms with Gasteiger partial charge in [-0.2, -0.15) is 10.1 Å². The summed E-state index contributed by atoms with van der Waals surface area (Å²) in [6.45, 7) is 10.9. The van der Waals surface area contributed by atoms with Crippen molar-refractivity contribution in [2.24, 2.45) is 22.4 Å². The smallest absolute Gasteiger partial charge is 0.431 e. The molecule has 1 aromatic rings. The molecule has 0 unspecified atom stereocenters. The number of fused-ring (bicyclic) bond motifs is 1. The predicted molar refractivity (Wildman–Crippen MR) is 124 cm³/mol. The quantitative estimate of drug-likeness (QED) is 0.339. The summed E-state index contributed by atoms with van der Waals surface area (Å²) in [6.07, 6.45) is 6.93. The molecular formula is C25H33BrN2O2. The van der Waals surface area contributed by atoms with Crippen LogP contribution in [0.3, 0.4) is 0 Å². The van der Waals surface area contributed by atoms with Crippen molar-refractivity contribution in [2.45, 2.75) is 78.4 Å². The van der Waals surface area contributed by atoms with Crippen LogP contribution in [-0.2, 0) is 11.2 Å². The molecule has 1 aliphatic heterocycles. The molecule has 3 aliphatic rings. The highest BCUT2D eigenvalue weighted by Crippen LogP contribution is 2.65. The molecule has 2 saturated carbocycles. The number of rotatable bonds is 6. The fourth-order valence-electron chi connectivity index (χ4n) is 5.92. The van der Waals surface area contributed by atoms with E-state index in [4.69, 9.17) is 9.84 Å². The summed E-state index contributed by atoms with van der Waals surface area (Å²) in [5, 5.41) is 6.74. The fraction of sp³-hybridized carbons (Fsp3) is 0.600. The molecule has 162 valence electrons. The van der Waals surface area contributed by atoms with Crippen LogP contribution in [0.25, 0.3) is 0 Å². The first kappa shape index (κ1) is 21.6. The van der Waals surface area contributed by atoms with Gasteiger partial charge in [0.15, 0.2) is 0 Å². The molecule has 30 heavy (non-hydrogen) atoms. The minimum atomic E-state index is -0.283. The maximum Gasteiger partial charge on any atom is 0.431 e. The Labute approximate surface area is 188 Å². The van der Waals surface area contributed by atoms with Gasteiger partial charge in [-0.25, -0.2) is 4.79 Å². The van der Waals surface area contributed by atoms with Crippen LogP contribution in [-0.4, -0.2) is 28.5 Å². The Morgan fingerprint density at radius 2 is 2.00 bits per heavy atom. The monoisotopic (exact) mass is 472 g/mol. The highest BCUT2D eigenvalue weighted by molar-refractivity contribution is 9.10. The van der Waals surface area contributed by atoms with Crippen LogP contribution in [0.15, 0.2) is 45.5 Å².